The van der Waals surface area contributed by atoms with Gasteiger partial charge in [0.2, 0.25) is 0 Å². The lowest BCUT2D eigenvalue weighted by molar-refractivity contribution is -0.00471. The van der Waals surface area contributed by atoms with Crippen LogP contribution in [0, 0.1) is 0 Å². The Morgan fingerprint density at radius 2 is 1.29 bits per heavy atom. The molecule has 2 aliphatic carbocycles. The number of aryl methyl sites for hydroxylation is 1. The second-order valence-corrected chi connectivity index (χ2v) is 19.1. The van der Waals surface area contributed by atoms with Crippen LogP contribution >= 0.6 is 0 Å². The number of methoxy groups -OCH3 is 1. The fourth-order valence-electron chi connectivity index (χ4n) is 8.66. The molecular weight excluding hydrogens is 567 g/mol. The van der Waals surface area contributed by atoms with Crippen molar-refractivity contribution in [3.05, 3.63) is 113 Å². The molecule has 1 aromatic heterocycles. The van der Waals surface area contributed by atoms with Crippen LogP contribution in [-0.2, 0) is 11.8 Å². The number of rotatable bonds is 10. The summed E-state index contributed by atoms with van der Waals surface area (Å²) in [5.74, 6) is 0.933. The highest BCUT2D eigenvalue weighted by Gasteiger charge is 2.53. The molecule has 45 heavy (non-hydrogen) atoms. The highest BCUT2D eigenvalue weighted by Crippen LogP contribution is 2.60. The fourth-order valence-corrected chi connectivity index (χ4v) is 14.4. The molecule has 0 saturated carbocycles. The molecule has 0 bridgehead atoms. The van der Waals surface area contributed by atoms with Crippen LogP contribution < -0.4 is 4.74 Å². The Kier molecular flexibility index (Phi) is 7.78. The SMILES string of the molecule is COc1ccc2c(c1)c1c(n2C)-c2ccccc2C1[Si](C)(CCCCCCOC(C)(C)C)C1c2ccccc2-c2ccccc21. The maximum atomic E-state index is 6.05. The van der Waals surface area contributed by atoms with Gasteiger partial charge in [-0.15, -0.1) is 0 Å². The van der Waals surface area contributed by atoms with Crippen molar-refractivity contribution in [1.29, 1.82) is 0 Å². The van der Waals surface area contributed by atoms with Crippen LogP contribution in [0.3, 0.4) is 0 Å². The molecule has 232 valence electrons. The summed E-state index contributed by atoms with van der Waals surface area (Å²) in [6.45, 7) is 10.0. The minimum Gasteiger partial charge on any atom is -0.497 e. The highest BCUT2D eigenvalue weighted by molar-refractivity contribution is 6.83. The van der Waals surface area contributed by atoms with Crippen molar-refractivity contribution in [3.8, 4) is 28.1 Å². The summed E-state index contributed by atoms with van der Waals surface area (Å²) in [5.41, 5.74) is 13.8. The minimum atomic E-state index is -2.20. The van der Waals surface area contributed by atoms with Gasteiger partial charge in [0.1, 0.15) is 5.75 Å². The average Bonchev–Trinajstić information content (AvgIpc) is 3.66. The highest BCUT2D eigenvalue weighted by atomic mass is 28.3. The average molecular weight is 614 g/mol. The molecule has 2 aliphatic rings. The predicted molar refractivity (Wildman–Crippen MR) is 191 cm³/mol. The lowest BCUT2D eigenvalue weighted by Gasteiger charge is -2.41. The van der Waals surface area contributed by atoms with Crippen molar-refractivity contribution in [2.24, 2.45) is 7.05 Å². The molecule has 2 atom stereocenters. The molecule has 5 aromatic rings. The smallest absolute Gasteiger partial charge is 0.119 e. The Balaban J connectivity index is 1.37. The normalized spacial score (nSPS) is 16.7. The zero-order valence-electron chi connectivity index (χ0n) is 27.8. The van der Waals surface area contributed by atoms with Crippen molar-refractivity contribution in [3.63, 3.8) is 0 Å². The summed E-state index contributed by atoms with van der Waals surface area (Å²) in [5, 5.41) is 1.35. The van der Waals surface area contributed by atoms with Gasteiger partial charge in [0.25, 0.3) is 0 Å². The number of fused-ring (bicyclic) bond motifs is 8. The molecular formula is C41H47NO2Si. The van der Waals surface area contributed by atoms with Gasteiger partial charge in [-0.2, -0.15) is 0 Å². The Hall–Kier alpha value is -3.60. The molecule has 2 unspecified atom stereocenters. The first kappa shape index (κ1) is 30.1. The second kappa shape index (κ2) is 11.6. The van der Waals surface area contributed by atoms with E-state index >= 15 is 0 Å². The number of benzene rings is 4. The first-order valence-corrected chi connectivity index (χ1v) is 19.7. The van der Waals surface area contributed by atoms with Gasteiger partial charge in [-0.3, -0.25) is 0 Å². The van der Waals surface area contributed by atoms with E-state index in [1.54, 1.807) is 7.11 Å². The van der Waals surface area contributed by atoms with Crippen molar-refractivity contribution >= 4 is 19.0 Å². The Labute approximate surface area is 270 Å². The van der Waals surface area contributed by atoms with Crippen molar-refractivity contribution in [2.45, 2.75) is 75.7 Å². The molecule has 0 aliphatic heterocycles. The summed E-state index contributed by atoms with van der Waals surface area (Å²) >= 11 is 0. The zero-order chi connectivity index (χ0) is 31.3. The maximum absolute atomic E-state index is 6.05. The van der Waals surface area contributed by atoms with Crippen molar-refractivity contribution < 1.29 is 9.47 Å². The molecule has 7 rings (SSSR count). The summed E-state index contributed by atoms with van der Waals surface area (Å²) in [6, 6.07) is 35.8. The van der Waals surface area contributed by atoms with E-state index in [4.69, 9.17) is 9.47 Å². The molecule has 0 spiro atoms. The van der Waals surface area contributed by atoms with Crippen LogP contribution in [0.5, 0.6) is 5.75 Å². The Morgan fingerprint density at radius 3 is 1.91 bits per heavy atom. The summed E-state index contributed by atoms with van der Waals surface area (Å²) in [4.78, 5) is 0. The van der Waals surface area contributed by atoms with Gasteiger partial charge < -0.3 is 14.0 Å². The first-order chi connectivity index (χ1) is 21.7. The summed E-state index contributed by atoms with van der Waals surface area (Å²) in [7, 11) is 1.84. The first-order valence-electron chi connectivity index (χ1n) is 16.8. The van der Waals surface area contributed by atoms with Gasteiger partial charge >= 0.3 is 0 Å². The molecule has 4 aromatic carbocycles. The molecule has 0 radical (unpaired) electrons. The third-order valence-corrected chi connectivity index (χ3v) is 15.8. The van der Waals surface area contributed by atoms with Gasteiger partial charge in [-0.05, 0) is 78.8 Å². The van der Waals surface area contributed by atoms with E-state index in [1.165, 1.54) is 80.8 Å². The van der Waals surface area contributed by atoms with Crippen LogP contribution in [0.15, 0.2) is 91.0 Å². The zero-order valence-corrected chi connectivity index (χ0v) is 28.8. The van der Waals surface area contributed by atoms with Crippen molar-refractivity contribution in [1.82, 2.24) is 4.57 Å². The fraction of sp³-hybridized carbons (Fsp3) is 0.366. The maximum Gasteiger partial charge on any atom is 0.119 e. The number of ether oxygens (including phenoxy) is 2. The van der Waals surface area contributed by atoms with E-state index in [2.05, 4.69) is 130 Å². The number of hydrogen-bond donors (Lipinski definition) is 0. The van der Waals surface area contributed by atoms with Gasteiger partial charge in [0.15, 0.2) is 0 Å². The molecule has 0 amide bonds. The molecule has 0 N–H and O–H groups in total. The van der Waals surface area contributed by atoms with Crippen LogP contribution in [-0.4, -0.2) is 32.0 Å². The standard InChI is InChI=1S/C41H47NO2Si/c1-41(2,3)44-25-15-7-8-16-26-45(6,39-32-20-12-9-17-29(32)30-18-10-13-21-33(30)39)40-34-22-14-11-19-31(34)38-37(40)35-27-28(43-5)23-24-36(35)42(38)4/h9-14,17-24,27,39-40H,7-8,15-16,25-26H2,1-6H3. The monoisotopic (exact) mass is 613 g/mol. The summed E-state index contributed by atoms with van der Waals surface area (Å²) < 4.78 is 14.3. The Morgan fingerprint density at radius 1 is 0.711 bits per heavy atom. The van der Waals surface area contributed by atoms with E-state index in [9.17, 15) is 0 Å². The number of nitrogens with zero attached hydrogens (tertiary/aromatic N) is 1. The number of hydrogen-bond acceptors (Lipinski definition) is 2. The van der Waals surface area contributed by atoms with Crippen LogP contribution in [0.1, 0.15) is 79.8 Å². The van der Waals surface area contributed by atoms with E-state index in [-0.39, 0.29) is 5.60 Å². The lowest BCUT2D eigenvalue weighted by Crippen LogP contribution is -2.45. The summed E-state index contributed by atoms with van der Waals surface area (Å²) in [6.07, 6.45) is 4.85. The van der Waals surface area contributed by atoms with Crippen LogP contribution in [0.2, 0.25) is 12.6 Å². The quantitative estimate of drug-likeness (QED) is 0.116. The van der Waals surface area contributed by atoms with E-state index in [0.29, 0.717) is 11.1 Å². The molecule has 4 heteroatoms. The molecule has 0 saturated heterocycles. The number of unbranched alkanes of at least 4 members (excludes halogenated alkanes) is 3. The van der Waals surface area contributed by atoms with Crippen LogP contribution in [0.4, 0.5) is 0 Å². The van der Waals surface area contributed by atoms with Gasteiger partial charge in [0.05, 0.1) is 26.5 Å². The number of aromatic nitrogens is 1. The third-order valence-electron chi connectivity index (χ3n) is 10.6. The molecule has 0 fully saturated rings. The predicted octanol–water partition coefficient (Wildman–Crippen LogP) is 10.6. The minimum absolute atomic E-state index is 0.0660. The molecule has 3 nitrogen and oxygen atoms in total. The largest absolute Gasteiger partial charge is 0.497 e. The topological polar surface area (TPSA) is 23.4 Å². The van der Waals surface area contributed by atoms with Gasteiger partial charge in [-0.1, -0.05) is 105 Å². The molecule has 1 heterocycles. The third kappa shape index (κ3) is 5.07. The second-order valence-electron chi connectivity index (χ2n) is 14.5. The Bertz CT molecular complexity index is 1820. The van der Waals surface area contributed by atoms with Crippen LogP contribution in [0.25, 0.3) is 33.3 Å². The van der Waals surface area contributed by atoms with E-state index < -0.39 is 8.07 Å². The lowest BCUT2D eigenvalue weighted by atomic mass is 10.1. The van der Waals surface area contributed by atoms with Gasteiger partial charge in [-0.25, -0.2) is 0 Å². The van der Waals surface area contributed by atoms with Crippen molar-refractivity contribution in [2.75, 3.05) is 13.7 Å². The van der Waals surface area contributed by atoms with Gasteiger partial charge in [0, 0.05) is 41.2 Å². The van der Waals surface area contributed by atoms with E-state index in [1.807, 2.05) is 0 Å². The van der Waals surface area contributed by atoms with E-state index in [0.717, 1.165) is 18.8 Å².